The Bertz CT molecular complexity index is 396. The van der Waals surface area contributed by atoms with Gasteiger partial charge in [0, 0.05) is 5.56 Å². The van der Waals surface area contributed by atoms with Crippen molar-refractivity contribution >= 4 is 18.0 Å². The summed E-state index contributed by atoms with van der Waals surface area (Å²) in [5.74, 6) is 0. The molecule has 14 heavy (non-hydrogen) atoms. The molecule has 0 atom stereocenters. The molecule has 0 saturated heterocycles. The van der Waals surface area contributed by atoms with Gasteiger partial charge in [-0.25, -0.2) is 0 Å². The number of rotatable bonds is 3. The molecule has 0 aliphatic carbocycles. The first-order valence-electron chi connectivity index (χ1n) is 4.02. The van der Waals surface area contributed by atoms with E-state index in [0.717, 1.165) is 0 Å². The highest BCUT2D eigenvalue weighted by atomic mass is 16.6. The molecule has 0 bridgehead atoms. The van der Waals surface area contributed by atoms with E-state index in [0.29, 0.717) is 17.4 Å². The lowest BCUT2D eigenvalue weighted by Crippen LogP contribution is -1.94. The van der Waals surface area contributed by atoms with Crippen molar-refractivity contribution in [2.45, 2.75) is 6.92 Å². The third-order valence-electron chi connectivity index (χ3n) is 1.81. The Morgan fingerprint density at radius 3 is 2.71 bits per heavy atom. The number of aryl methyl sites for hydroxylation is 1. The van der Waals surface area contributed by atoms with Gasteiger partial charge in [-0.3, -0.25) is 14.9 Å². The Labute approximate surface area is 81.0 Å². The van der Waals surface area contributed by atoms with Crippen molar-refractivity contribution in [1.29, 1.82) is 0 Å². The van der Waals surface area contributed by atoms with E-state index in [1.807, 2.05) is 0 Å². The van der Waals surface area contributed by atoms with E-state index < -0.39 is 4.92 Å². The number of nitro groups is 1. The number of carbonyl (C=O) groups excluding carboxylic acids is 1. The zero-order valence-electron chi connectivity index (χ0n) is 7.64. The number of hydrogen-bond acceptors (Lipinski definition) is 3. The lowest BCUT2D eigenvalue weighted by molar-refractivity contribution is -0.385. The zero-order chi connectivity index (χ0) is 10.6. The summed E-state index contributed by atoms with van der Waals surface area (Å²) in [5, 5.41) is 10.7. The van der Waals surface area contributed by atoms with Gasteiger partial charge in [0.1, 0.15) is 6.29 Å². The summed E-state index contributed by atoms with van der Waals surface area (Å²) in [6.45, 7) is 1.66. The van der Waals surface area contributed by atoms with Crippen LogP contribution in [-0.2, 0) is 4.79 Å². The Morgan fingerprint density at radius 1 is 1.43 bits per heavy atom. The smallest absolute Gasteiger partial charge is 0.279 e. The van der Waals surface area contributed by atoms with Crippen LogP contribution in [-0.4, -0.2) is 11.2 Å². The second-order valence-corrected chi connectivity index (χ2v) is 2.77. The Kier molecular flexibility index (Phi) is 3.12. The Balaban J connectivity index is 3.27. The van der Waals surface area contributed by atoms with Crippen molar-refractivity contribution in [1.82, 2.24) is 0 Å². The van der Waals surface area contributed by atoms with Gasteiger partial charge in [0.25, 0.3) is 5.69 Å². The van der Waals surface area contributed by atoms with Gasteiger partial charge in [-0.1, -0.05) is 12.1 Å². The van der Waals surface area contributed by atoms with Crippen LogP contribution in [0.1, 0.15) is 11.1 Å². The molecule has 0 aliphatic rings. The fourth-order valence-corrected chi connectivity index (χ4v) is 1.21. The highest BCUT2D eigenvalue weighted by Crippen LogP contribution is 2.23. The van der Waals surface area contributed by atoms with Crippen LogP contribution in [0.3, 0.4) is 0 Å². The summed E-state index contributed by atoms with van der Waals surface area (Å²) in [6.07, 6.45) is 3.26. The first kappa shape index (κ1) is 10.1. The number of aldehydes is 1. The van der Waals surface area contributed by atoms with E-state index in [-0.39, 0.29) is 5.69 Å². The molecule has 0 saturated carbocycles. The number of nitrogens with zero attached hydrogens (tertiary/aromatic N) is 1. The maximum atomic E-state index is 10.7. The molecule has 1 aromatic carbocycles. The van der Waals surface area contributed by atoms with Crippen molar-refractivity contribution in [3.63, 3.8) is 0 Å². The summed E-state index contributed by atoms with van der Waals surface area (Å²) < 4.78 is 0. The normalized spacial score (nSPS) is 10.4. The largest absolute Gasteiger partial charge is 0.299 e. The van der Waals surface area contributed by atoms with E-state index in [2.05, 4.69) is 0 Å². The van der Waals surface area contributed by atoms with Crippen LogP contribution in [0.4, 0.5) is 5.69 Å². The standard InChI is InChI=1S/C10H9NO3/c1-8-4-2-5-9(6-3-7-12)10(8)11(13)14/h2-7H,1H3. The molecule has 1 rings (SSSR count). The molecule has 0 heterocycles. The topological polar surface area (TPSA) is 60.2 Å². The second-order valence-electron chi connectivity index (χ2n) is 2.77. The lowest BCUT2D eigenvalue weighted by atomic mass is 10.1. The molecule has 0 N–H and O–H groups in total. The zero-order valence-corrected chi connectivity index (χ0v) is 7.64. The molecular weight excluding hydrogens is 182 g/mol. The predicted octanol–water partition coefficient (Wildman–Crippen LogP) is 2.12. The molecule has 0 spiro atoms. The van der Waals surface area contributed by atoms with Gasteiger partial charge >= 0.3 is 0 Å². The summed E-state index contributed by atoms with van der Waals surface area (Å²) in [6, 6.07) is 4.98. The van der Waals surface area contributed by atoms with Crippen LogP contribution in [0, 0.1) is 17.0 Å². The minimum atomic E-state index is -0.445. The molecule has 1 aromatic rings. The first-order valence-corrected chi connectivity index (χ1v) is 4.02. The van der Waals surface area contributed by atoms with E-state index in [4.69, 9.17) is 0 Å². The molecule has 0 fully saturated rings. The van der Waals surface area contributed by atoms with Crippen molar-refractivity contribution in [3.8, 4) is 0 Å². The van der Waals surface area contributed by atoms with Crippen LogP contribution < -0.4 is 0 Å². The van der Waals surface area contributed by atoms with Gasteiger partial charge in [0.05, 0.1) is 10.5 Å². The number of allylic oxidation sites excluding steroid dienone is 1. The van der Waals surface area contributed by atoms with Crippen molar-refractivity contribution < 1.29 is 9.72 Å². The van der Waals surface area contributed by atoms with Gasteiger partial charge in [-0.2, -0.15) is 0 Å². The van der Waals surface area contributed by atoms with Crippen molar-refractivity contribution in [2.75, 3.05) is 0 Å². The molecule has 4 nitrogen and oxygen atoms in total. The minimum absolute atomic E-state index is 0.0469. The number of hydrogen-bond donors (Lipinski definition) is 0. The lowest BCUT2D eigenvalue weighted by Gasteiger charge is -1.99. The SMILES string of the molecule is Cc1cccc(C=CC=O)c1[N+](=O)[O-]. The highest BCUT2D eigenvalue weighted by molar-refractivity contribution is 5.76. The van der Waals surface area contributed by atoms with Gasteiger partial charge in [0.15, 0.2) is 0 Å². The van der Waals surface area contributed by atoms with Crippen molar-refractivity contribution in [3.05, 3.63) is 45.5 Å². The monoisotopic (exact) mass is 191 g/mol. The Hall–Kier alpha value is -1.97. The molecule has 4 heteroatoms. The van der Waals surface area contributed by atoms with Gasteiger partial charge in [-0.05, 0) is 25.1 Å². The van der Waals surface area contributed by atoms with Gasteiger partial charge in [-0.15, -0.1) is 0 Å². The fourth-order valence-electron chi connectivity index (χ4n) is 1.21. The maximum Gasteiger partial charge on any atom is 0.279 e. The third-order valence-corrected chi connectivity index (χ3v) is 1.81. The average molecular weight is 191 g/mol. The Morgan fingerprint density at radius 2 is 2.14 bits per heavy atom. The highest BCUT2D eigenvalue weighted by Gasteiger charge is 2.13. The summed E-state index contributed by atoms with van der Waals surface area (Å²) in [4.78, 5) is 20.3. The second kappa shape index (κ2) is 4.32. The third kappa shape index (κ3) is 2.04. The summed E-state index contributed by atoms with van der Waals surface area (Å²) >= 11 is 0. The summed E-state index contributed by atoms with van der Waals surface area (Å²) in [5.41, 5.74) is 1.08. The molecule has 0 unspecified atom stereocenters. The molecule has 0 amide bonds. The number of nitro benzene ring substituents is 1. The van der Waals surface area contributed by atoms with Gasteiger partial charge in [0.2, 0.25) is 0 Å². The number of benzene rings is 1. The van der Waals surface area contributed by atoms with E-state index in [1.54, 1.807) is 25.1 Å². The number of carbonyl (C=O) groups is 1. The van der Waals surface area contributed by atoms with E-state index in [1.165, 1.54) is 12.2 Å². The van der Waals surface area contributed by atoms with Crippen LogP contribution in [0.15, 0.2) is 24.3 Å². The van der Waals surface area contributed by atoms with E-state index in [9.17, 15) is 14.9 Å². The van der Waals surface area contributed by atoms with Crippen LogP contribution in [0.5, 0.6) is 0 Å². The van der Waals surface area contributed by atoms with Crippen LogP contribution >= 0.6 is 0 Å². The quantitative estimate of drug-likeness (QED) is 0.318. The first-order chi connectivity index (χ1) is 6.66. The molecule has 0 aliphatic heterocycles. The van der Waals surface area contributed by atoms with Crippen LogP contribution in [0.25, 0.3) is 6.08 Å². The predicted molar refractivity (Wildman–Crippen MR) is 52.9 cm³/mol. The molecule has 0 aromatic heterocycles. The fraction of sp³-hybridized carbons (Fsp3) is 0.100. The van der Waals surface area contributed by atoms with Gasteiger partial charge < -0.3 is 0 Å². The number of para-hydroxylation sites is 1. The van der Waals surface area contributed by atoms with E-state index >= 15 is 0 Å². The molecule has 72 valence electrons. The van der Waals surface area contributed by atoms with Crippen LogP contribution in [0.2, 0.25) is 0 Å². The van der Waals surface area contributed by atoms with Crippen molar-refractivity contribution in [2.24, 2.45) is 0 Å². The minimum Gasteiger partial charge on any atom is -0.299 e. The molecular formula is C10H9NO3. The average Bonchev–Trinajstić information content (AvgIpc) is 2.14. The summed E-state index contributed by atoms with van der Waals surface area (Å²) in [7, 11) is 0. The molecule has 0 radical (unpaired) electrons. The maximum absolute atomic E-state index is 10.7.